The highest BCUT2D eigenvalue weighted by molar-refractivity contribution is 6.05. The third-order valence-corrected chi connectivity index (χ3v) is 21.8. The highest BCUT2D eigenvalue weighted by Gasteiger charge is 2.37. The quantitative estimate of drug-likeness (QED) is 0.0444. The summed E-state index contributed by atoms with van der Waals surface area (Å²) in [7, 11) is 2.03. The van der Waals surface area contributed by atoms with Crippen molar-refractivity contribution in [3.8, 4) is 0 Å². The van der Waals surface area contributed by atoms with Crippen LogP contribution in [-0.2, 0) is 70.5 Å². The number of piperazine rings is 1. The van der Waals surface area contributed by atoms with Gasteiger partial charge in [-0.15, -0.1) is 0 Å². The summed E-state index contributed by atoms with van der Waals surface area (Å²) in [4.78, 5) is 153. The van der Waals surface area contributed by atoms with Crippen LogP contribution in [0.15, 0.2) is 147 Å². The molecule has 4 aromatic heterocycles. The lowest BCUT2D eigenvalue weighted by Gasteiger charge is -2.36. The summed E-state index contributed by atoms with van der Waals surface area (Å²) < 4.78 is 0. The largest absolute Gasteiger partial charge is 0.347 e. The molecule has 7 heterocycles. The minimum absolute atomic E-state index is 0.0214. The number of anilines is 4. The third kappa shape index (κ3) is 21.1. The molecule has 8 aromatic rings. The smallest absolute Gasteiger partial charge is 0.323 e. The normalized spacial score (nSPS) is 18.0. The molecule has 1 saturated carbocycles. The standard InChI is InChI=1S/C26H33N5O3.C20H24N6O2.C20H23N5O2.C19H20N4O2/c1-26(2,3)16-21(32)31-13-7-6-10-20(31)24(33)30-23-22(27-11-12-28-23)25(34)29-19-14-17-8-4-5-9-18(17)15-19;1-25-8-10-26(11-9-25)20(28)24-18-17(21-6-7-22-18)19(27)23-16-12-14-4-2-3-5-15(14)13-16;26-19(16-7-3-4-8-21-16)25-18-17(22-9-10-23-18)20(27)24-15-11-13-5-1-2-6-14(13)12-15;24-18(12-6-3-7-12)23-17-16(20-8-9-21-17)19(25)22-15-10-13-4-1-2-5-14(13)11-15/h4-5,8-9,11-12,19-20H,6-7,10,13-16H2,1-3H3,(H,29,34)(H,28,30,33);2-7,16H,8-13H2,1H3,(H,23,27)(H,22,24,28);1-2,5-6,9-10,15-16,21H,3-4,7-8,11-12H2,(H,24,27)(H,23,25,26);1-2,4-5,8-9,12,15H,3,6-7,10-11H2,(H,22,25)(H,21,23,24). The molecule has 4 fully saturated rings. The van der Waals surface area contributed by atoms with E-state index in [-0.39, 0.29) is 141 Å². The van der Waals surface area contributed by atoms with Crippen molar-refractivity contribution in [1.82, 2.24) is 81.2 Å². The number of nitrogens with one attached hydrogen (secondary N) is 9. The number of nitrogens with zero attached hydrogens (tertiary/aromatic N) is 11. The van der Waals surface area contributed by atoms with Crippen LogP contribution in [-0.4, -0.2) is 190 Å². The number of likely N-dealkylation sites (tertiary alicyclic amines) is 1. The summed E-state index contributed by atoms with van der Waals surface area (Å²) in [6.45, 7) is 10.4. The van der Waals surface area contributed by atoms with Crippen molar-refractivity contribution in [2.45, 2.75) is 173 Å². The minimum atomic E-state index is -0.578. The Morgan fingerprint density at radius 1 is 0.386 bits per heavy atom. The molecule has 0 spiro atoms. The molecule has 16 rings (SSSR count). The van der Waals surface area contributed by atoms with Gasteiger partial charge in [0.1, 0.15) is 6.04 Å². The second-order valence-corrected chi connectivity index (χ2v) is 31.6. The molecule has 114 heavy (non-hydrogen) atoms. The van der Waals surface area contributed by atoms with Gasteiger partial charge in [-0.1, -0.05) is 131 Å². The lowest BCUT2D eigenvalue weighted by Crippen LogP contribution is -2.50. The number of carbonyl (C=O) groups is 9. The summed E-state index contributed by atoms with van der Waals surface area (Å²) >= 11 is 0. The average Bonchev–Trinajstić information content (AvgIpc) is 1.25. The molecular formula is C85H100N20O9. The Morgan fingerprint density at radius 3 is 1.07 bits per heavy atom. The highest BCUT2D eigenvalue weighted by Crippen LogP contribution is 2.31. The molecule has 5 aliphatic carbocycles. The van der Waals surface area contributed by atoms with Crippen molar-refractivity contribution in [3.63, 3.8) is 0 Å². The van der Waals surface area contributed by atoms with E-state index in [2.05, 4.69) is 141 Å². The van der Waals surface area contributed by atoms with Crippen LogP contribution in [0.5, 0.6) is 0 Å². The van der Waals surface area contributed by atoms with E-state index in [4.69, 9.17) is 0 Å². The van der Waals surface area contributed by atoms with Crippen LogP contribution < -0.4 is 47.9 Å². The molecular weight excluding hydrogens is 1450 g/mol. The van der Waals surface area contributed by atoms with Gasteiger partial charge in [0.25, 0.3) is 23.6 Å². The highest BCUT2D eigenvalue weighted by atomic mass is 16.2. The second-order valence-electron chi connectivity index (χ2n) is 31.6. The Hall–Kier alpha value is -11.9. The van der Waals surface area contributed by atoms with E-state index in [0.717, 1.165) is 122 Å². The van der Waals surface area contributed by atoms with Crippen molar-refractivity contribution < 1.29 is 43.2 Å². The number of fused-ring (bicyclic) bond motifs is 4. The summed E-state index contributed by atoms with van der Waals surface area (Å²) in [5.41, 5.74) is 10.4. The van der Waals surface area contributed by atoms with E-state index >= 15 is 0 Å². The molecule has 9 N–H and O–H groups in total. The van der Waals surface area contributed by atoms with Crippen LogP contribution in [0.2, 0.25) is 0 Å². The van der Waals surface area contributed by atoms with Gasteiger partial charge in [-0.3, -0.25) is 43.7 Å². The number of hydrogen-bond acceptors (Lipinski definition) is 19. The predicted molar refractivity (Wildman–Crippen MR) is 429 cm³/mol. The van der Waals surface area contributed by atoms with Gasteiger partial charge in [-0.05, 0) is 160 Å². The summed E-state index contributed by atoms with van der Waals surface area (Å²) in [5.74, 6) is -1.10. The predicted octanol–water partition coefficient (Wildman–Crippen LogP) is 7.85. The summed E-state index contributed by atoms with van der Waals surface area (Å²) in [5, 5.41) is 26.4. The fraction of sp³-hybridized carbons (Fsp3) is 0.424. The molecule has 10 amide bonds. The van der Waals surface area contributed by atoms with Gasteiger partial charge in [0.15, 0.2) is 46.0 Å². The van der Waals surface area contributed by atoms with Crippen LogP contribution in [0.25, 0.3) is 0 Å². The van der Waals surface area contributed by atoms with Crippen LogP contribution in [0.3, 0.4) is 0 Å². The number of urea groups is 1. The zero-order valence-corrected chi connectivity index (χ0v) is 65.0. The summed E-state index contributed by atoms with van der Waals surface area (Å²) in [6.07, 6.45) is 26.5. The first-order valence-electron chi connectivity index (χ1n) is 39.7. The Morgan fingerprint density at radius 2 is 0.728 bits per heavy atom. The van der Waals surface area contributed by atoms with E-state index in [9.17, 15) is 43.2 Å². The molecule has 3 aliphatic heterocycles. The van der Waals surface area contributed by atoms with Gasteiger partial charge in [0.2, 0.25) is 23.6 Å². The number of piperidine rings is 2. The van der Waals surface area contributed by atoms with E-state index in [1.54, 1.807) is 9.80 Å². The maximum absolute atomic E-state index is 13.2. The van der Waals surface area contributed by atoms with Crippen LogP contribution in [0.1, 0.15) is 171 Å². The molecule has 29 heteroatoms. The van der Waals surface area contributed by atoms with Crippen molar-refractivity contribution in [2.75, 3.05) is 67.6 Å². The fourth-order valence-electron chi connectivity index (χ4n) is 15.7. The molecule has 2 unspecified atom stereocenters. The van der Waals surface area contributed by atoms with Crippen LogP contribution >= 0.6 is 0 Å². The zero-order chi connectivity index (χ0) is 79.7. The summed E-state index contributed by atoms with van der Waals surface area (Å²) in [6, 6.07) is 31.8. The molecule has 4 aromatic carbocycles. The van der Waals surface area contributed by atoms with Gasteiger partial charge in [0, 0.05) is 119 Å². The Balaban J connectivity index is 0.000000133. The van der Waals surface area contributed by atoms with Crippen molar-refractivity contribution in [3.05, 3.63) is 214 Å². The van der Waals surface area contributed by atoms with Gasteiger partial charge in [0.05, 0.1) is 6.04 Å². The van der Waals surface area contributed by atoms with Crippen LogP contribution in [0.4, 0.5) is 28.1 Å². The first-order valence-corrected chi connectivity index (χ1v) is 39.7. The Kier molecular flexibility index (Phi) is 26.5. The molecule has 29 nitrogen and oxygen atoms in total. The third-order valence-electron chi connectivity index (χ3n) is 21.8. The zero-order valence-electron chi connectivity index (χ0n) is 65.0. The van der Waals surface area contributed by atoms with E-state index in [0.29, 0.717) is 32.5 Å². The molecule has 8 aliphatic rings. The lowest BCUT2D eigenvalue weighted by atomic mass is 9.85. The Labute approximate surface area is 663 Å². The number of carbonyl (C=O) groups excluding carboxylic acids is 9. The van der Waals surface area contributed by atoms with E-state index in [1.807, 2.05) is 76.3 Å². The average molecular weight is 1550 g/mol. The van der Waals surface area contributed by atoms with Gasteiger partial charge in [-0.2, -0.15) is 0 Å². The minimum Gasteiger partial charge on any atom is -0.347 e. The van der Waals surface area contributed by atoms with Crippen molar-refractivity contribution in [1.29, 1.82) is 0 Å². The second kappa shape index (κ2) is 37.7. The van der Waals surface area contributed by atoms with E-state index in [1.165, 1.54) is 94.1 Å². The van der Waals surface area contributed by atoms with Crippen LogP contribution in [0, 0.1) is 11.3 Å². The van der Waals surface area contributed by atoms with Gasteiger partial charge >= 0.3 is 6.03 Å². The monoisotopic (exact) mass is 1540 g/mol. The maximum atomic E-state index is 13.2. The fourth-order valence-corrected chi connectivity index (χ4v) is 15.7. The SMILES string of the molecule is CC(C)(C)CC(=O)N1CCCCC1C(=O)Nc1nccnc1C(=O)NC1Cc2ccccc2C1.CN1CCN(C(=O)Nc2nccnc2C(=O)NC2Cc3ccccc3C2)CC1.O=C(NC1Cc2ccccc2C1)c1nccnc1NC(=O)C1CCC1.O=C(NC1Cc2ccccc2C1)c1nccnc1NC(=O)C1CCCCN1. The number of likely N-dealkylation sites (N-methyl/N-ethyl adjacent to an activating group) is 1. The molecule has 2 atom stereocenters. The maximum Gasteiger partial charge on any atom is 0.323 e. The molecule has 3 saturated heterocycles. The van der Waals surface area contributed by atoms with Gasteiger partial charge in [-0.25, -0.2) is 44.7 Å². The van der Waals surface area contributed by atoms with E-state index < -0.39 is 6.04 Å². The number of aromatic nitrogens is 8. The Bertz CT molecular complexity index is 4710. The number of hydrogen-bond donors (Lipinski definition) is 9. The van der Waals surface area contributed by atoms with Crippen molar-refractivity contribution >= 4 is 76.6 Å². The molecule has 594 valence electrons. The molecule has 0 radical (unpaired) electrons. The first kappa shape index (κ1) is 80.2. The van der Waals surface area contributed by atoms with Crippen molar-refractivity contribution in [2.24, 2.45) is 11.3 Å². The molecule has 0 bridgehead atoms. The lowest BCUT2D eigenvalue weighted by molar-refractivity contribution is -0.141. The number of amides is 10. The number of benzene rings is 4. The topological polar surface area (TPSA) is 375 Å². The first-order chi connectivity index (χ1) is 55.2. The number of rotatable bonds is 16. The van der Waals surface area contributed by atoms with Gasteiger partial charge < -0.3 is 57.2 Å².